The van der Waals surface area contributed by atoms with Gasteiger partial charge in [0.25, 0.3) is 0 Å². The lowest BCUT2D eigenvalue weighted by Crippen LogP contribution is -2.36. The summed E-state index contributed by atoms with van der Waals surface area (Å²) in [5.74, 6) is -0.390. The fourth-order valence-electron chi connectivity index (χ4n) is 1.75. The van der Waals surface area contributed by atoms with Gasteiger partial charge >= 0.3 is 6.18 Å². The third kappa shape index (κ3) is 6.69. The van der Waals surface area contributed by atoms with Crippen LogP contribution in [0.25, 0.3) is 0 Å². The molecule has 1 aromatic rings. The van der Waals surface area contributed by atoms with Gasteiger partial charge in [0.15, 0.2) is 0 Å². The van der Waals surface area contributed by atoms with Crippen LogP contribution >= 0.6 is 0 Å². The van der Waals surface area contributed by atoms with Gasteiger partial charge in [0.1, 0.15) is 0 Å². The Kier molecular flexibility index (Phi) is 5.20. The van der Waals surface area contributed by atoms with E-state index in [2.05, 4.69) is 5.32 Å². The number of carbonyl (C=O) groups excluding carboxylic acids is 1. The minimum absolute atomic E-state index is 0.144. The smallest absolute Gasteiger partial charge is 0.391 e. The Morgan fingerprint density at radius 1 is 1.42 bits per heavy atom. The van der Waals surface area contributed by atoms with Crippen molar-refractivity contribution in [3.05, 3.63) is 29.8 Å². The summed E-state index contributed by atoms with van der Waals surface area (Å²) in [4.78, 5) is 11.5. The van der Waals surface area contributed by atoms with Crippen molar-refractivity contribution in [3.63, 3.8) is 0 Å². The van der Waals surface area contributed by atoms with Gasteiger partial charge in [-0.15, -0.1) is 0 Å². The van der Waals surface area contributed by atoms with E-state index in [0.29, 0.717) is 12.1 Å². The molecule has 0 spiro atoms. The predicted molar refractivity (Wildman–Crippen MR) is 67.5 cm³/mol. The molecule has 0 bridgehead atoms. The minimum atomic E-state index is -4.26. The zero-order valence-electron chi connectivity index (χ0n) is 10.6. The zero-order valence-corrected chi connectivity index (χ0v) is 10.6. The molecule has 0 aliphatic carbocycles. The second-order valence-corrected chi connectivity index (χ2v) is 4.53. The van der Waals surface area contributed by atoms with E-state index in [1.165, 1.54) is 6.92 Å². The topological polar surface area (TPSA) is 55.1 Å². The summed E-state index contributed by atoms with van der Waals surface area (Å²) in [6, 6.07) is 6.16. The first-order chi connectivity index (χ1) is 8.76. The van der Waals surface area contributed by atoms with Gasteiger partial charge in [0, 0.05) is 18.2 Å². The number of rotatable bonds is 5. The van der Waals surface area contributed by atoms with Gasteiger partial charge in [0.2, 0.25) is 5.91 Å². The van der Waals surface area contributed by atoms with Crippen molar-refractivity contribution in [2.24, 2.45) is 0 Å². The number of hydrogen-bond acceptors (Lipinski definition) is 2. The Bertz CT molecular complexity index is 432. The van der Waals surface area contributed by atoms with Gasteiger partial charge < -0.3 is 11.1 Å². The standard InChI is InChI=1S/C13H17F3N2O/c1-9(8-13(14,15)16)18-12(19)6-5-10-3-2-4-11(17)7-10/h2-4,7,9H,5-6,8,17H2,1H3,(H,18,19). The molecular formula is C13H17F3N2O. The van der Waals surface area contributed by atoms with Crippen LogP contribution in [0.2, 0.25) is 0 Å². The summed E-state index contributed by atoms with van der Waals surface area (Å²) in [5.41, 5.74) is 7.08. The molecule has 0 saturated heterocycles. The van der Waals surface area contributed by atoms with Crippen LogP contribution in [0.15, 0.2) is 24.3 Å². The number of carbonyl (C=O) groups is 1. The summed E-state index contributed by atoms with van der Waals surface area (Å²) >= 11 is 0. The minimum Gasteiger partial charge on any atom is -0.399 e. The maximum atomic E-state index is 12.1. The molecule has 1 atom stereocenters. The first kappa shape index (κ1) is 15.3. The van der Waals surface area contributed by atoms with E-state index in [1.807, 2.05) is 6.07 Å². The maximum absolute atomic E-state index is 12.1. The van der Waals surface area contributed by atoms with Crippen LogP contribution in [0.3, 0.4) is 0 Å². The number of nitrogen functional groups attached to an aromatic ring is 1. The van der Waals surface area contributed by atoms with Crippen LogP contribution in [0.1, 0.15) is 25.3 Å². The molecule has 0 aliphatic rings. The van der Waals surface area contributed by atoms with Gasteiger partial charge in [-0.2, -0.15) is 13.2 Å². The average molecular weight is 274 g/mol. The molecule has 1 amide bonds. The van der Waals surface area contributed by atoms with Crippen molar-refractivity contribution in [2.45, 2.75) is 38.4 Å². The number of nitrogens with two attached hydrogens (primary N) is 1. The molecule has 0 fully saturated rings. The molecule has 0 aromatic heterocycles. The summed E-state index contributed by atoms with van der Waals surface area (Å²) in [6.07, 6.45) is -4.68. The SMILES string of the molecule is CC(CC(F)(F)F)NC(=O)CCc1cccc(N)c1. The maximum Gasteiger partial charge on any atom is 0.391 e. The molecule has 106 valence electrons. The van der Waals surface area contributed by atoms with Crippen molar-refractivity contribution >= 4 is 11.6 Å². The lowest BCUT2D eigenvalue weighted by Gasteiger charge is -2.15. The number of nitrogens with one attached hydrogen (secondary N) is 1. The van der Waals surface area contributed by atoms with E-state index in [0.717, 1.165) is 5.56 Å². The molecule has 0 aliphatic heterocycles. The quantitative estimate of drug-likeness (QED) is 0.811. The summed E-state index contributed by atoms with van der Waals surface area (Å²) in [6.45, 7) is 1.34. The first-order valence-electron chi connectivity index (χ1n) is 5.97. The second-order valence-electron chi connectivity index (χ2n) is 4.53. The predicted octanol–water partition coefficient (Wildman–Crippen LogP) is 2.66. The second kappa shape index (κ2) is 6.45. The molecule has 1 rings (SSSR count). The first-order valence-corrected chi connectivity index (χ1v) is 5.97. The normalized spacial score (nSPS) is 13.1. The highest BCUT2D eigenvalue weighted by Crippen LogP contribution is 2.21. The third-order valence-electron chi connectivity index (χ3n) is 2.54. The fourth-order valence-corrected chi connectivity index (χ4v) is 1.75. The van der Waals surface area contributed by atoms with Crippen molar-refractivity contribution in [2.75, 3.05) is 5.73 Å². The Hall–Kier alpha value is -1.72. The van der Waals surface area contributed by atoms with Gasteiger partial charge in [-0.05, 0) is 31.0 Å². The Labute approximate surface area is 110 Å². The molecule has 1 unspecified atom stereocenters. The molecule has 0 saturated carbocycles. The van der Waals surface area contributed by atoms with Crippen molar-refractivity contribution in [1.82, 2.24) is 5.32 Å². The number of benzene rings is 1. The van der Waals surface area contributed by atoms with Gasteiger partial charge in [0.05, 0.1) is 6.42 Å². The fraction of sp³-hybridized carbons (Fsp3) is 0.462. The molecule has 19 heavy (non-hydrogen) atoms. The van der Waals surface area contributed by atoms with Crippen LogP contribution in [0.5, 0.6) is 0 Å². The van der Waals surface area contributed by atoms with E-state index in [-0.39, 0.29) is 12.3 Å². The van der Waals surface area contributed by atoms with Crippen molar-refractivity contribution < 1.29 is 18.0 Å². The average Bonchev–Trinajstić information content (AvgIpc) is 2.23. The summed E-state index contributed by atoms with van der Waals surface area (Å²) in [5, 5.41) is 2.33. The van der Waals surface area contributed by atoms with E-state index in [9.17, 15) is 18.0 Å². The van der Waals surface area contributed by atoms with Crippen LogP contribution in [-0.2, 0) is 11.2 Å². The molecular weight excluding hydrogens is 257 g/mol. The van der Waals surface area contributed by atoms with Crippen LogP contribution in [0.4, 0.5) is 18.9 Å². The number of amides is 1. The van der Waals surface area contributed by atoms with Gasteiger partial charge in [-0.25, -0.2) is 0 Å². The highest BCUT2D eigenvalue weighted by atomic mass is 19.4. The highest BCUT2D eigenvalue weighted by molar-refractivity contribution is 5.76. The highest BCUT2D eigenvalue weighted by Gasteiger charge is 2.30. The largest absolute Gasteiger partial charge is 0.399 e. The van der Waals surface area contributed by atoms with Crippen LogP contribution < -0.4 is 11.1 Å². The molecule has 0 heterocycles. The monoisotopic (exact) mass is 274 g/mol. The Morgan fingerprint density at radius 2 is 2.11 bits per heavy atom. The Balaban J connectivity index is 2.36. The van der Waals surface area contributed by atoms with Crippen LogP contribution in [0, 0.1) is 0 Å². The van der Waals surface area contributed by atoms with E-state index < -0.39 is 18.6 Å². The Morgan fingerprint density at radius 3 is 2.68 bits per heavy atom. The van der Waals surface area contributed by atoms with Crippen LogP contribution in [-0.4, -0.2) is 18.1 Å². The molecule has 3 N–H and O–H groups in total. The number of hydrogen-bond donors (Lipinski definition) is 2. The third-order valence-corrected chi connectivity index (χ3v) is 2.54. The number of aryl methyl sites for hydroxylation is 1. The van der Waals surface area contributed by atoms with Gasteiger partial charge in [-0.1, -0.05) is 12.1 Å². The van der Waals surface area contributed by atoms with Crippen molar-refractivity contribution in [1.29, 1.82) is 0 Å². The lowest BCUT2D eigenvalue weighted by molar-refractivity contribution is -0.141. The molecule has 0 radical (unpaired) electrons. The van der Waals surface area contributed by atoms with E-state index in [4.69, 9.17) is 5.73 Å². The van der Waals surface area contributed by atoms with E-state index >= 15 is 0 Å². The molecule has 3 nitrogen and oxygen atoms in total. The zero-order chi connectivity index (χ0) is 14.5. The number of alkyl halides is 3. The molecule has 6 heteroatoms. The lowest BCUT2D eigenvalue weighted by atomic mass is 10.1. The van der Waals surface area contributed by atoms with Gasteiger partial charge in [-0.3, -0.25) is 4.79 Å². The summed E-state index contributed by atoms with van der Waals surface area (Å²) < 4.78 is 36.3. The van der Waals surface area contributed by atoms with E-state index in [1.54, 1.807) is 18.2 Å². The summed E-state index contributed by atoms with van der Waals surface area (Å²) in [7, 11) is 0. The number of anilines is 1. The number of halogens is 3. The molecule has 1 aromatic carbocycles. The van der Waals surface area contributed by atoms with Crippen molar-refractivity contribution in [3.8, 4) is 0 Å².